The van der Waals surface area contributed by atoms with Crippen molar-refractivity contribution in [3.05, 3.63) is 51.5 Å². The van der Waals surface area contributed by atoms with Crippen LogP contribution in [0.15, 0.2) is 30.3 Å². The highest BCUT2D eigenvalue weighted by molar-refractivity contribution is 7.14. The summed E-state index contributed by atoms with van der Waals surface area (Å²) in [6.07, 6.45) is 0. The first kappa shape index (κ1) is 16.8. The molecule has 2 N–H and O–H groups in total. The summed E-state index contributed by atoms with van der Waals surface area (Å²) in [5.74, 6) is 0.247. The number of halogens is 2. The van der Waals surface area contributed by atoms with E-state index in [0.29, 0.717) is 22.4 Å². The Hall–Kier alpha value is -2.02. The summed E-state index contributed by atoms with van der Waals surface area (Å²) in [5.41, 5.74) is 0.951. The summed E-state index contributed by atoms with van der Waals surface area (Å²) in [6.45, 7) is 0.554. The van der Waals surface area contributed by atoms with Crippen molar-refractivity contribution >= 4 is 56.6 Å². The molecule has 0 spiro atoms. The number of ether oxygens (including phenoxy) is 1. The van der Waals surface area contributed by atoms with E-state index in [9.17, 15) is 9.90 Å². The van der Waals surface area contributed by atoms with Gasteiger partial charge in [-0.3, -0.25) is 0 Å². The fourth-order valence-corrected chi connectivity index (χ4v) is 3.76. The lowest BCUT2D eigenvalue weighted by Crippen LogP contribution is -2.01. The molecule has 0 unspecified atom stereocenters. The zero-order valence-corrected chi connectivity index (χ0v) is 14.8. The van der Waals surface area contributed by atoms with Crippen molar-refractivity contribution in [2.24, 2.45) is 0 Å². The van der Waals surface area contributed by atoms with E-state index in [1.807, 2.05) is 24.3 Å². The van der Waals surface area contributed by atoms with Gasteiger partial charge < -0.3 is 15.2 Å². The number of carboxylic acid groups (broad SMARTS) is 1. The maximum absolute atomic E-state index is 11.2. The number of aromatic nitrogens is 1. The van der Waals surface area contributed by atoms with Gasteiger partial charge in [0.1, 0.15) is 11.6 Å². The molecule has 8 heteroatoms. The Kier molecular flexibility index (Phi) is 4.80. The van der Waals surface area contributed by atoms with E-state index in [0.717, 1.165) is 22.8 Å². The monoisotopic (exact) mass is 382 g/mol. The number of methoxy groups -OCH3 is 1. The predicted octanol–water partition coefficient (Wildman–Crippen LogP) is 4.92. The molecule has 2 aromatic carbocycles. The van der Waals surface area contributed by atoms with Crippen LogP contribution in [0.1, 0.15) is 15.9 Å². The number of rotatable bonds is 5. The summed E-state index contributed by atoms with van der Waals surface area (Å²) < 4.78 is 10.0. The summed E-state index contributed by atoms with van der Waals surface area (Å²) in [4.78, 5) is 11.2. The minimum Gasteiger partial charge on any atom is -0.497 e. The van der Waals surface area contributed by atoms with E-state index in [-0.39, 0.29) is 15.6 Å². The first-order chi connectivity index (χ1) is 11.5. The van der Waals surface area contributed by atoms with Gasteiger partial charge in [-0.15, -0.1) is 0 Å². The second kappa shape index (κ2) is 6.84. The molecular formula is C16H12Cl2N2O3S. The molecule has 0 saturated carbocycles. The first-order valence-corrected chi connectivity index (χ1v) is 8.41. The minimum absolute atomic E-state index is 0.0905. The quantitative estimate of drug-likeness (QED) is 0.654. The Morgan fingerprint density at radius 3 is 2.67 bits per heavy atom. The van der Waals surface area contributed by atoms with Crippen molar-refractivity contribution in [2.45, 2.75) is 6.54 Å². The van der Waals surface area contributed by atoms with E-state index in [1.54, 1.807) is 13.2 Å². The van der Waals surface area contributed by atoms with Gasteiger partial charge in [0, 0.05) is 11.9 Å². The number of hydrogen-bond acceptors (Lipinski definition) is 5. The van der Waals surface area contributed by atoms with E-state index in [2.05, 4.69) is 9.69 Å². The number of hydrogen-bond donors (Lipinski definition) is 2. The molecule has 1 aromatic heterocycles. The Bertz CT molecular complexity index is 910. The lowest BCUT2D eigenvalue weighted by Gasteiger charge is -2.07. The molecule has 3 aromatic rings. The van der Waals surface area contributed by atoms with Crippen molar-refractivity contribution in [2.75, 3.05) is 12.4 Å². The molecule has 0 saturated heterocycles. The van der Waals surface area contributed by atoms with Crippen molar-refractivity contribution < 1.29 is 14.6 Å². The van der Waals surface area contributed by atoms with Crippen molar-refractivity contribution in [3.8, 4) is 5.75 Å². The number of benzene rings is 2. The molecule has 0 atom stereocenters. The molecule has 0 aliphatic carbocycles. The van der Waals surface area contributed by atoms with Gasteiger partial charge in [0.25, 0.3) is 0 Å². The molecule has 0 bridgehead atoms. The molecule has 24 heavy (non-hydrogen) atoms. The van der Waals surface area contributed by atoms with Crippen LogP contribution in [0.25, 0.3) is 10.1 Å². The molecule has 5 nitrogen and oxygen atoms in total. The van der Waals surface area contributed by atoms with Crippen molar-refractivity contribution in [3.63, 3.8) is 0 Å². The van der Waals surface area contributed by atoms with Gasteiger partial charge >= 0.3 is 5.97 Å². The third-order valence-corrected chi connectivity index (χ3v) is 5.16. The van der Waals surface area contributed by atoms with Gasteiger partial charge in [0.15, 0.2) is 0 Å². The zero-order chi connectivity index (χ0) is 17.3. The average Bonchev–Trinajstić information content (AvgIpc) is 2.96. The molecule has 0 radical (unpaired) electrons. The number of nitrogens with zero attached hydrogens (tertiary/aromatic N) is 1. The van der Waals surface area contributed by atoms with Gasteiger partial charge in [-0.25, -0.2) is 4.79 Å². The van der Waals surface area contributed by atoms with E-state index >= 15 is 0 Å². The van der Waals surface area contributed by atoms with Crippen LogP contribution in [0.2, 0.25) is 10.0 Å². The van der Waals surface area contributed by atoms with Gasteiger partial charge in [-0.2, -0.15) is 4.37 Å². The topological polar surface area (TPSA) is 71.5 Å². The summed E-state index contributed by atoms with van der Waals surface area (Å²) in [6, 6.07) is 9.23. The number of fused-ring (bicyclic) bond motifs is 1. The number of nitrogens with one attached hydrogen (secondary N) is 1. The third kappa shape index (κ3) is 3.13. The molecular weight excluding hydrogens is 371 g/mol. The van der Waals surface area contributed by atoms with Crippen molar-refractivity contribution in [1.82, 2.24) is 4.37 Å². The standard InChI is InChI=1S/C16H12Cl2N2O3S/c1-23-9-4-2-8(3-5-9)7-19-15-10-6-11(17)12(16(21)22)13(18)14(10)24-20-15/h2-6H,7H2,1H3,(H,19,20)(H,21,22). The predicted molar refractivity (Wildman–Crippen MR) is 96.9 cm³/mol. The number of carbonyl (C=O) groups is 1. The number of carboxylic acids is 1. The van der Waals surface area contributed by atoms with E-state index < -0.39 is 5.97 Å². The van der Waals surface area contributed by atoms with Crippen LogP contribution >= 0.6 is 34.7 Å². The normalized spacial score (nSPS) is 10.8. The Morgan fingerprint density at radius 1 is 1.33 bits per heavy atom. The molecule has 0 amide bonds. The third-order valence-electron chi connectivity index (χ3n) is 3.49. The first-order valence-electron chi connectivity index (χ1n) is 6.88. The molecule has 3 rings (SSSR count). The maximum Gasteiger partial charge on any atom is 0.338 e. The SMILES string of the molecule is COc1ccc(CNc2nsc3c(Cl)c(C(=O)O)c(Cl)cc23)cc1. The zero-order valence-electron chi connectivity index (χ0n) is 12.5. The highest BCUT2D eigenvalue weighted by Crippen LogP contribution is 2.39. The van der Waals surface area contributed by atoms with Crippen LogP contribution in [0.5, 0.6) is 5.75 Å². The van der Waals surface area contributed by atoms with E-state index in [4.69, 9.17) is 27.9 Å². The van der Waals surface area contributed by atoms with Gasteiger partial charge in [0.05, 0.1) is 27.4 Å². The Balaban J connectivity index is 1.89. The number of aromatic carboxylic acids is 1. The fraction of sp³-hybridized carbons (Fsp3) is 0.125. The Morgan fingerprint density at radius 2 is 2.04 bits per heavy atom. The average molecular weight is 383 g/mol. The van der Waals surface area contributed by atoms with Gasteiger partial charge in [-0.1, -0.05) is 35.3 Å². The highest BCUT2D eigenvalue weighted by atomic mass is 35.5. The second-order valence-electron chi connectivity index (χ2n) is 4.96. The van der Waals surface area contributed by atoms with Crippen LogP contribution in [-0.4, -0.2) is 22.6 Å². The summed E-state index contributed by atoms with van der Waals surface area (Å²) >= 11 is 13.4. The Labute approximate surface area is 151 Å². The molecule has 124 valence electrons. The molecule has 0 aliphatic rings. The van der Waals surface area contributed by atoms with Crippen LogP contribution in [0, 0.1) is 0 Å². The fourth-order valence-electron chi connectivity index (χ4n) is 2.26. The number of anilines is 1. The molecule has 0 fully saturated rings. The molecule has 1 heterocycles. The largest absolute Gasteiger partial charge is 0.497 e. The van der Waals surface area contributed by atoms with Crippen molar-refractivity contribution in [1.29, 1.82) is 0 Å². The van der Waals surface area contributed by atoms with Crippen LogP contribution in [0.3, 0.4) is 0 Å². The van der Waals surface area contributed by atoms with E-state index in [1.165, 1.54) is 0 Å². The smallest absolute Gasteiger partial charge is 0.338 e. The lowest BCUT2D eigenvalue weighted by molar-refractivity contribution is 0.0697. The van der Waals surface area contributed by atoms with Crippen LogP contribution in [-0.2, 0) is 6.54 Å². The van der Waals surface area contributed by atoms with Crippen LogP contribution < -0.4 is 10.1 Å². The minimum atomic E-state index is -1.16. The molecule has 0 aliphatic heterocycles. The summed E-state index contributed by atoms with van der Waals surface area (Å²) in [7, 11) is 1.62. The maximum atomic E-state index is 11.2. The second-order valence-corrected chi connectivity index (χ2v) is 6.52. The summed E-state index contributed by atoms with van der Waals surface area (Å²) in [5, 5.41) is 13.3. The van der Waals surface area contributed by atoms with Crippen LogP contribution in [0.4, 0.5) is 5.82 Å². The lowest BCUT2D eigenvalue weighted by atomic mass is 10.1. The highest BCUT2D eigenvalue weighted by Gasteiger charge is 2.20. The van der Waals surface area contributed by atoms with Gasteiger partial charge in [-0.05, 0) is 35.3 Å². The van der Waals surface area contributed by atoms with Gasteiger partial charge in [0.2, 0.25) is 0 Å².